The number of alkyl carbamates (subject to hydrolysis) is 1. The van der Waals surface area contributed by atoms with Gasteiger partial charge in [-0.05, 0) is 33.3 Å². The standard InChI is InChI=1S/C13H18ClN3O7S/c1-13(2,3)24-12(19)16-5-4-7-6-8(14)11(25(15,22)23)10(18)9(7)17(20)21/h6,18H,4-5H2,1-3H3,(H,16,19)(H2,15,22,23). The number of rotatable bonds is 5. The molecular weight excluding hydrogens is 378 g/mol. The molecule has 0 saturated carbocycles. The molecule has 25 heavy (non-hydrogen) atoms. The highest BCUT2D eigenvalue weighted by Gasteiger charge is 2.30. The Morgan fingerprint density at radius 3 is 2.48 bits per heavy atom. The van der Waals surface area contributed by atoms with Gasteiger partial charge in [-0.2, -0.15) is 0 Å². The number of phenolic OH excluding ortho intramolecular Hbond substituents is 1. The lowest BCUT2D eigenvalue weighted by Crippen LogP contribution is -2.33. The lowest BCUT2D eigenvalue weighted by atomic mass is 10.1. The van der Waals surface area contributed by atoms with Gasteiger partial charge < -0.3 is 15.2 Å². The molecule has 0 fully saturated rings. The summed E-state index contributed by atoms with van der Waals surface area (Å²) in [5, 5.41) is 27.9. The van der Waals surface area contributed by atoms with Gasteiger partial charge >= 0.3 is 11.8 Å². The largest absolute Gasteiger partial charge is 0.501 e. The van der Waals surface area contributed by atoms with E-state index in [1.54, 1.807) is 20.8 Å². The van der Waals surface area contributed by atoms with Crippen LogP contribution in [0.15, 0.2) is 11.0 Å². The van der Waals surface area contributed by atoms with Crippen molar-refractivity contribution >= 4 is 33.4 Å². The predicted molar refractivity (Wildman–Crippen MR) is 89.1 cm³/mol. The number of carbonyl (C=O) groups excluding carboxylic acids is 1. The zero-order valence-corrected chi connectivity index (χ0v) is 15.3. The van der Waals surface area contributed by atoms with Crippen LogP contribution in [0, 0.1) is 10.1 Å². The van der Waals surface area contributed by atoms with Crippen molar-refractivity contribution in [1.29, 1.82) is 0 Å². The Bertz CT molecular complexity index is 803. The first-order valence-electron chi connectivity index (χ1n) is 6.92. The van der Waals surface area contributed by atoms with E-state index in [-0.39, 0.29) is 18.5 Å². The normalized spacial score (nSPS) is 11.9. The number of sulfonamides is 1. The highest BCUT2D eigenvalue weighted by atomic mass is 35.5. The number of benzene rings is 1. The van der Waals surface area contributed by atoms with Crippen molar-refractivity contribution in [1.82, 2.24) is 5.32 Å². The quantitative estimate of drug-likeness (QED) is 0.504. The van der Waals surface area contributed by atoms with Gasteiger partial charge in [0.25, 0.3) is 0 Å². The Balaban J connectivity index is 3.09. The van der Waals surface area contributed by atoms with E-state index in [0.29, 0.717) is 0 Å². The SMILES string of the molecule is CC(C)(C)OC(=O)NCCc1cc(Cl)c(S(N)(=O)=O)c(O)c1[N+](=O)[O-]. The zero-order valence-electron chi connectivity index (χ0n) is 13.7. The number of carbonyl (C=O) groups is 1. The van der Waals surface area contributed by atoms with E-state index >= 15 is 0 Å². The minimum atomic E-state index is -4.47. The Labute approximate surface area is 149 Å². The highest BCUT2D eigenvalue weighted by molar-refractivity contribution is 7.89. The number of nitro benzene ring substituents is 1. The second kappa shape index (κ2) is 7.42. The Kier molecular flexibility index (Phi) is 6.21. The fourth-order valence-corrected chi connectivity index (χ4v) is 3.18. The van der Waals surface area contributed by atoms with Gasteiger partial charge in [-0.3, -0.25) is 10.1 Å². The summed E-state index contributed by atoms with van der Waals surface area (Å²) in [7, 11) is -4.47. The number of nitro groups is 1. The van der Waals surface area contributed by atoms with Crippen LogP contribution >= 0.6 is 11.6 Å². The summed E-state index contributed by atoms with van der Waals surface area (Å²) < 4.78 is 27.9. The number of hydrogen-bond acceptors (Lipinski definition) is 7. The van der Waals surface area contributed by atoms with Gasteiger partial charge in [0.2, 0.25) is 15.8 Å². The summed E-state index contributed by atoms with van der Waals surface area (Å²) in [6, 6.07) is 1.01. The fraction of sp³-hybridized carbons (Fsp3) is 0.462. The van der Waals surface area contributed by atoms with Crippen molar-refractivity contribution in [2.45, 2.75) is 37.7 Å². The number of ether oxygens (including phenoxy) is 1. The number of nitrogens with one attached hydrogen (secondary N) is 1. The van der Waals surface area contributed by atoms with Crippen LogP contribution in [0.2, 0.25) is 5.02 Å². The Morgan fingerprint density at radius 2 is 2.04 bits per heavy atom. The molecule has 0 saturated heterocycles. The molecule has 0 aromatic heterocycles. The summed E-state index contributed by atoms with van der Waals surface area (Å²) in [6.45, 7) is 4.93. The van der Waals surface area contributed by atoms with Crippen LogP contribution < -0.4 is 10.5 Å². The third-order valence-electron chi connectivity index (χ3n) is 2.79. The molecule has 0 heterocycles. The minimum absolute atomic E-state index is 0.0692. The second-order valence-corrected chi connectivity index (χ2v) is 7.93. The molecule has 0 aliphatic carbocycles. The molecule has 0 bridgehead atoms. The van der Waals surface area contributed by atoms with E-state index < -0.39 is 48.0 Å². The van der Waals surface area contributed by atoms with Gasteiger partial charge in [-0.15, -0.1) is 0 Å². The Morgan fingerprint density at radius 1 is 1.48 bits per heavy atom. The summed E-state index contributed by atoms with van der Waals surface area (Å²) in [6.07, 6.45) is -0.833. The molecule has 1 amide bonds. The summed E-state index contributed by atoms with van der Waals surface area (Å²) in [5.74, 6) is -1.15. The van der Waals surface area contributed by atoms with E-state index in [1.165, 1.54) is 0 Å². The van der Waals surface area contributed by atoms with Gasteiger partial charge in [-0.1, -0.05) is 11.6 Å². The molecule has 0 unspecified atom stereocenters. The molecule has 0 aliphatic heterocycles. The fourth-order valence-electron chi connectivity index (χ4n) is 1.94. The van der Waals surface area contributed by atoms with Crippen LogP contribution in [0.3, 0.4) is 0 Å². The molecule has 0 radical (unpaired) electrons. The van der Waals surface area contributed by atoms with E-state index in [4.69, 9.17) is 21.5 Å². The third kappa shape index (κ3) is 5.73. The van der Waals surface area contributed by atoms with E-state index in [9.17, 15) is 28.4 Å². The number of primary sulfonamides is 1. The van der Waals surface area contributed by atoms with Crippen LogP contribution in [-0.4, -0.2) is 36.7 Å². The number of nitrogens with zero attached hydrogens (tertiary/aromatic N) is 1. The first kappa shape index (κ1) is 20.9. The predicted octanol–water partition coefficient (Wildman–Crippen LogP) is 1.67. The third-order valence-corrected chi connectivity index (χ3v) is 4.18. The number of nitrogens with two attached hydrogens (primary N) is 1. The van der Waals surface area contributed by atoms with E-state index in [1.807, 2.05) is 0 Å². The lowest BCUT2D eigenvalue weighted by molar-refractivity contribution is -0.386. The Hall–Kier alpha value is -2.11. The smallest absolute Gasteiger partial charge is 0.407 e. The van der Waals surface area contributed by atoms with Crippen LogP contribution in [-0.2, 0) is 21.2 Å². The summed E-state index contributed by atoms with van der Waals surface area (Å²) >= 11 is 5.77. The van der Waals surface area contributed by atoms with Crippen LogP contribution in [0.1, 0.15) is 26.3 Å². The van der Waals surface area contributed by atoms with Crippen LogP contribution in [0.4, 0.5) is 10.5 Å². The first-order chi connectivity index (χ1) is 11.2. The maximum Gasteiger partial charge on any atom is 0.407 e. The lowest BCUT2D eigenvalue weighted by Gasteiger charge is -2.19. The van der Waals surface area contributed by atoms with Crippen molar-refractivity contribution < 1.29 is 28.0 Å². The van der Waals surface area contributed by atoms with E-state index in [2.05, 4.69) is 5.32 Å². The topological polar surface area (TPSA) is 162 Å². The number of amides is 1. The molecular formula is C13H18ClN3O7S. The number of phenols is 1. The van der Waals surface area contributed by atoms with Gasteiger partial charge in [0, 0.05) is 12.1 Å². The maximum atomic E-state index is 11.5. The van der Waals surface area contributed by atoms with Crippen molar-refractivity contribution in [2.24, 2.45) is 5.14 Å². The second-order valence-electron chi connectivity index (χ2n) is 6.02. The monoisotopic (exact) mass is 395 g/mol. The van der Waals surface area contributed by atoms with Crippen molar-refractivity contribution in [3.63, 3.8) is 0 Å². The van der Waals surface area contributed by atoms with Gasteiger partial charge in [0.15, 0.2) is 0 Å². The van der Waals surface area contributed by atoms with Crippen LogP contribution in [0.5, 0.6) is 5.75 Å². The van der Waals surface area contributed by atoms with Gasteiger partial charge in [0.05, 0.1) is 9.95 Å². The molecule has 0 spiro atoms. The molecule has 4 N–H and O–H groups in total. The maximum absolute atomic E-state index is 11.5. The van der Waals surface area contributed by atoms with Crippen LogP contribution in [0.25, 0.3) is 0 Å². The van der Waals surface area contributed by atoms with E-state index in [0.717, 1.165) is 6.07 Å². The molecule has 1 aromatic rings. The average molecular weight is 396 g/mol. The first-order valence-corrected chi connectivity index (χ1v) is 8.85. The molecule has 1 aromatic carbocycles. The van der Waals surface area contributed by atoms with Gasteiger partial charge in [0.1, 0.15) is 10.5 Å². The van der Waals surface area contributed by atoms with Gasteiger partial charge in [-0.25, -0.2) is 18.4 Å². The number of halogens is 1. The molecule has 0 atom stereocenters. The van der Waals surface area contributed by atoms with Crippen molar-refractivity contribution in [3.8, 4) is 5.75 Å². The molecule has 1 rings (SSSR count). The molecule has 10 nitrogen and oxygen atoms in total. The van der Waals surface area contributed by atoms with Crippen molar-refractivity contribution in [2.75, 3.05) is 6.54 Å². The molecule has 140 valence electrons. The zero-order chi connectivity index (χ0) is 19.6. The molecule has 12 heteroatoms. The minimum Gasteiger partial charge on any atom is -0.501 e. The van der Waals surface area contributed by atoms with Crippen molar-refractivity contribution in [3.05, 3.63) is 26.8 Å². The summed E-state index contributed by atoms with van der Waals surface area (Å²) in [5.41, 5.74) is -1.63. The highest BCUT2D eigenvalue weighted by Crippen LogP contribution is 2.40. The average Bonchev–Trinajstić information content (AvgIpc) is 2.33. The molecule has 0 aliphatic rings. The number of aromatic hydroxyl groups is 1. The number of hydrogen-bond donors (Lipinski definition) is 3. The summed E-state index contributed by atoms with van der Waals surface area (Å²) in [4.78, 5) is 20.8.